The number of aromatic nitrogens is 2. The lowest BCUT2D eigenvalue weighted by Gasteiger charge is -2.35. The number of aliphatic imine (C=N–C) groups is 1. The third-order valence-corrected chi connectivity index (χ3v) is 5.86. The third kappa shape index (κ3) is 2.92. The fraction of sp³-hybridized carbons (Fsp3) is 0.364. The minimum Gasteiger partial charge on any atom is -0.378 e. The summed E-state index contributed by atoms with van der Waals surface area (Å²) >= 11 is 0. The van der Waals surface area contributed by atoms with Gasteiger partial charge < -0.3 is 9.64 Å². The van der Waals surface area contributed by atoms with Crippen molar-refractivity contribution in [3.8, 4) is 0 Å². The fourth-order valence-electron chi connectivity index (χ4n) is 4.25. The average Bonchev–Trinajstić information content (AvgIpc) is 2.98. The van der Waals surface area contributed by atoms with Gasteiger partial charge in [-0.1, -0.05) is 24.6 Å². The van der Waals surface area contributed by atoms with Crippen molar-refractivity contribution in [1.29, 1.82) is 0 Å². The molecule has 0 saturated heterocycles. The molecule has 3 heterocycles. The Morgan fingerprint density at radius 3 is 3.00 bits per heavy atom. The Kier molecular flexibility index (Phi) is 4.17. The lowest BCUT2D eigenvalue weighted by Crippen LogP contribution is -2.27. The van der Waals surface area contributed by atoms with E-state index in [0.29, 0.717) is 6.61 Å². The van der Waals surface area contributed by atoms with Crippen molar-refractivity contribution in [1.82, 2.24) is 14.5 Å². The SMILES string of the molecule is COCc1cn(C2=NC=CN3CCc4c(cccc4C4CCC4)C3=C2)cn1. The van der Waals surface area contributed by atoms with Crippen LogP contribution in [0, 0.1) is 0 Å². The maximum atomic E-state index is 5.18. The summed E-state index contributed by atoms with van der Waals surface area (Å²) in [4.78, 5) is 11.4. The molecule has 1 aromatic carbocycles. The molecule has 0 unspecified atom stereocenters. The topological polar surface area (TPSA) is 42.6 Å². The second-order valence-corrected chi connectivity index (χ2v) is 7.46. The summed E-state index contributed by atoms with van der Waals surface area (Å²) in [5.74, 6) is 1.63. The van der Waals surface area contributed by atoms with E-state index >= 15 is 0 Å². The van der Waals surface area contributed by atoms with Crippen LogP contribution in [0.4, 0.5) is 0 Å². The van der Waals surface area contributed by atoms with Gasteiger partial charge in [-0.3, -0.25) is 4.57 Å². The van der Waals surface area contributed by atoms with Crippen molar-refractivity contribution in [2.45, 2.75) is 38.2 Å². The molecule has 1 aromatic heterocycles. The van der Waals surface area contributed by atoms with Crippen molar-refractivity contribution in [2.24, 2.45) is 4.99 Å². The largest absolute Gasteiger partial charge is 0.378 e. The van der Waals surface area contributed by atoms with Gasteiger partial charge in [0.05, 0.1) is 18.0 Å². The van der Waals surface area contributed by atoms with Gasteiger partial charge >= 0.3 is 0 Å². The highest BCUT2D eigenvalue weighted by molar-refractivity contribution is 6.01. The molecule has 1 aliphatic carbocycles. The van der Waals surface area contributed by atoms with Gasteiger partial charge in [-0.25, -0.2) is 9.98 Å². The molecule has 0 N–H and O–H groups in total. The van der Waals surface area contributed by atoms with E-state index in [1.807, 2.05) is 23.3 Å². The van der Waals surface area contributed by atoms with Crippen LogP contribution in [0.2, 0.25) is 0 Å². The van der Waals surface area contributed by atoms with E-state index in [2.05, 4.69) is 45.4 Å². The quantitative estimate of drug-likeness (QED) is 0.833. The molecule has 1 saturated carbocycles. The van der Waals surface area contributed by atoms with Crippen molar-refractivity contribution in [3.63, 3.8) is 0 Å². The van der Waals surface area contributed by atoms with Crippen molar-refractivity contribution >= 4 is 11.5 Å². The van der Waals surface area contributed by atoms with Gasteiger partial charge in [-0.05, 0) is 36.3 Å². The highest BCUT2D eigenvalue weighted by atomic mass is 16.5. The summed E-state index contributed by atoms with van der Waals surface area (Å²) in [5, 5.41) is 0. The molecule has 5 heteroatoms. The van der Waals surface area contributed by atoms with Gasteiger partial charge in [0, 0.05) is 43.9 Å². The predicted molar refractivity (Wildman–Crippen MR) is 106 cm³/mol. The molecule has 0 spiro atoms. The number of nitrogens with zero attached hydrogens (tertiary/aromatic N) is 4. The predicted octanol–water partition coefficient (Wildman–Crippen LogP) is 3.93. The van der Waals surface area contributed by atoms with E-state index in [1.165, 1.54) is 36.1 Å². The smallest absolute Gasteiger partial charge is 0.139 e. The Labute approximate surface area is 159 Å². The van der Waals surface area contributed by atoms with Gasteiger partial charge in [-0.2, -0.15) is 0 Å². The number of hydrogen-bond donors (Lipinski definition) is 0. The number of hydrogen-bond acceptors (Lipinski definition) is 4. The summed E-state index contributed by atoms with van der Waals surface area (Å²) in [6.45, 7) is 1.51. The first-order valence-corrected chi connectivity index (χ1v) is 9.70. The molecule has 2 aromatic rings. The van der Waals surface area contributed by atoms with Crippen molar-refractivity contribution < 1.29 is 4.74 Å². The van der Waals surface area contributed by atoms with Crippen LogP contribution in [-0.4, -0.2) is 33.9 Å². The minimum atomic E-state index is 0.506. The Morgan fingerprint density at radius 1 is 1.26 bits per heavy atom. The summed E-state index contributed by atoms with van der Waals surface area (Å²) in [6, 6.07) is 6.82. The molecule has 0 amide bonds. The Morgan fingerprint density at radius 2 is 2.19 bits per heavy atom. The Bertz CT molecular complexity index is 949. The lowest BCUT2D eigenvalue weighted by molar-refractivity contribution is 0.182. The number of rotatable bonds is 3. The molecule has 0 atom stereocenters. The van der Waals surface area contributed by atoms with Crippen LogP contribution in [-0.2, 0) is 17.8 Å². The summed E-state index contributed by atoms with van der Waals surface area (Å²) < 4.78 is 7.16. The fourth-order valence-corrected chi connectivity index (χ4v) is 4.25. The van der Waals surface area contributed by atoms with E-state index in [-0.39, 0.29) is 0 Å². The zero-order valence-electron chi connectivity index (χ0n) is 15.6. The highest BCUT2D eigenvalue weighted by Gasteiger charge is 2.28. The summed E-state index contributed by atoms with van der Waals surface area (Å²) in [7, 11) is 1.68. The molecule has 0 radical (unpaired) electrons. The standard InChI is InChI=1S/C22H24N4O/c1-27-14-17-13-26(15-24-17)22-12-21-20-7-3-6-18(16-4-2-5-16)19(20)8-10-25(21)11-9-23-22/h3,6-7,9,11-13,15-16H,2,4-5,8,10,14H2,1H3. The third-order valence-electron chi connectivity index (χ3n) is 5.86. The highest BCUT2D eigenvalue weighted by Crippen LogP contribution is 2.42. The van der Waals surface area contributed by atoms with Crippen LogP contribution in [0.25, 0.3) is 5.70 Å². The van der Waals surface area contributed by atoms with Crippen LogP contribution in [0.3, 0.4) is 0 Å². The van der Waals surface area contributed by atoms with E-state index in [1.54, 1.807) is 12.7 Å². The van der Waals surface area contributed by atoms with Crippen LogP contribution in [0.5, 0.6) is 0 Å². The zero-order chi connectivity index (χ0) is 18.2. The van der Waals surface area contributed by atoms with E-state index in [9.17, 15) is 0 Å². The first-order valence-electron chi connectivity index (χ1n) is 9.70. The van der Waals surface area contributed by atoms with Gasteiger partial charge in [0.2, 0.25) is 0 Å². The first kappa shape index (κ1) is 16.5. The normalized spacial score (nSPS) is 18.9. The van der Waals surface area contributed by atoms with Crippen molar-refractivity contribution in [3.05, 3.63) is 71.6 Å². The monoisotopic (exact) mass is 360 g/mol. The second-order valence-electron chi connectivity index (χ2n) is 7.46. The zero-order valence-corrected chi connectivity index (χ0v) is 15.6. The first-order chi connectivity index (χ1) is 13.3. The minimum absolute atomic E-state index is 0.506. The van der Waals surface area contributed by atoms with Gasteiger partial charge in [0.25, 0.3) is 0 Å². The van der Waals surface area contributed by atoms with Crippen LogP contribution in [0.15, 0.2) is 54.2 Å². The Balaban J connectivity index is 1.55. The molecule has 2 aliphatic heterocycles. The number of ether oxygens (including phenoxy) is 1. The average molecular weight is 360 g/mol. The maximum Gasteiger partial charge on any atom is 0.139 e. The Hall–Kier alpha value is -2.66. The molecule has 3 aliphatic rings. The molecule has 27 heavy (non-hydrogen) atoms. The van der Waals surface area contributed by atoms with Crippen LogP contribution >= 0.6 is 0 Å². The number of allylic oxidation sites excluding steroid dienone is 1. The molecule has 138 valence electrons. The number of fused-ring (bicyclic) bond motifs is 3. The number of methoxy groups -OCH3 is 1. The second kappa shape index (κ2) is 6.82. The maximum absolute atomic E-state index is 5.18. The van der Waals surface area contributed by atoms with E-state index < -0.39 is 0 Å². The van der Waals surface area contributed by atoms with E-state index in [0.717, 1.165) is 30.4 Å². The molecule has 5 nitrogen and oxygen atoms in total. The molecular formula is C22H24N4O. The molecular weight excluding hydrogens is 336 g/mol. The van der Waals surface area contributed by atoms with E-state index in [4.69, 9.17) is 4.74 Å². The number of imidazole rings is 1. The van der Waals surface area contributed by atoms with Gasteiger partial charge in [-0.15, -0.1) is 0 Å². The molecule has 1 fully saturated rings. The summed E-state index contributed by atoms with van der Waals surface area (Å²) in [5.41, 5.74) is 6.58. The molecule has 0 bridgehead atoms. The molecule has 5 rings (SSSR count). The van der Waals surface area contributed by atoms with Crippen LogP contribution in [0.1, 0.15) is 47.6 Å². The van der Waals surface area contributed by atoms with Gasteiger partial charge in [0.1, 0.15) is 12.2 Å². The van der Waals surface area contributed by atoms with Gasteiger partial charge in [0.15, 0.2) is 0 Å². The number of benzene rings is 1. The summed E-state index contributed by atoms with van der Waals surface area (Å²) in [6.07, 6.45) is 15.1. The van der Waals surface area contributed by atoms with Crippen molar-refractivity contribution in [2.75, 3.05) is 13.7 Å². The van der Waals surface area contributed by atoms with Crippen LogP contribution < -0.4 is 0 Å². The lowest BCUT2D eigenvalue weighted by atomic mass is 9.76.